The van der Waals surface area contributed by atoms with E-state index in [1.807, 2.05) is 32.0 Å². The summed E-state index contributed by atoms with van der Waals surface area (Å²) in [5, 5.41) is 21.3. The van der Waals surface area contributed by atoms with Gasteiger partial charge in [-0.2, -0.15) is 0 Å². The molecule has 0 aliphatic rings. The Kier molecular flexibility index (Phi) is 5.90. The molecule has 124 valence electrons. The van der Waals surface area contributed by atoms with Crippen LogP contribution < -0.4 is 10.8 Å². The molecule has 0 saturated heterocycles. The number of aryl methyl sites for hydroxylation is 2. The monoisotopic (exact) mass is 325 g/mol. The van der Waals surface area contributed by atoms with E-state index in [0.717, 1.165) is 29.7 Å². The van der Waals surface area contributed by atoms with E-state index in [0.29, 0.717) is 6.29 Å². The maximum atomic E-state index is 12.5. The second-order valence-corrected chi connectivity index (χ2v) is 5.49. The Hall–Kier alpha value is -2.44. The smallest absolute Gasteiger partial charge is 0.423 e. The number of hydrogen-bond acceptors (Lipinski definition) is 4. The van der Waals surface area contributed by atoms with Gasteiger partial charge in [0.1, 0.15) is 6.29 Å². The SMILES string of the molecule is CCc1ccc(CC)c(NC(=O)c2ccc(B(O)O)c(C=O)c2)c1. The average molecular weight is 325 g/mol. The summed E-state index contributed by atoms with van der Waals surface area (Å²) in [6.07, 6.45) is 2.15. The van der Waals surface area contributed by atoms with Crippen molar-refractivity contribution in [1.29, 1.82) is 0 Å². The number of nitrogens with one attached hydrogen (secondary N) is 1. The zero-order valence-corrected chi connectivity index (χ0v) is 13.7. The summed E-state index contributed by atoms with van der Waals surface area (Å²) < 4.78 is 0. The summed E-state index contributed by atoms with van der Waals surface area (Å²) in [6, 6.07) is 10.2. The third-order valence-electron chi connectivity index (χ3n) is 3.97. The number of carbonyl (C=O) groups is 2. The highest BCUT2D eigenvalue weighted by molar-refractivity contribution is 6.60. The molecule has 2 aromatic rings. The van der Waals surface area contributed by atoms with E-state index in [4.69, 9.17) is 0 Å². The van der Waals surface area contributed by atoms with E-state index in [1.165, 1.54) is 18.2 Å². The third kappa shape index (κ3) is 3.90. The maximum Gasteiger partial charge on any atom is 0.489 e. The van der Waals surface area contributed by atoms with E-state index in [-0.39, 0.29) is 22.5 Å². The molecule has 0 radical (unpaired) electrons. The molecule has 0 saturated carbocycles. The first-order valence-corrected chi connectivity index (χ1v) is 7.88. The standard InChI is InChI=1S/C18H20BNO4/c1-3-12-5-6-13(4-2)17(9-12)20-18(22)14-7-8-16(19(23)24)15(10-14)11-21/h5-11,23-24H,3-4H2,1-2H3,(H,20,22). The number of anilines is 1. The number of aldehydes is 1. The predicted octanol–water partition coefficient (Wildman–Crippen LogP) is 1.56. The van der Waals surface area contributed by atoms with Gasteiger partial charge >= 0.3 is 7.12 Å². The lowest BCUT2D eigenvalue weighted by atomic mass is 9.77. The highest BCUT2D eigenvalue weighted by Crippen LogP contribution is 2.20. The van der Waals surface area contributed by atoms with Crippen molar-refractivity contribution in [2.24, 2.45) is 0 Å². The number of rotatable bonds is 6. The molecule has 2 rings (SSSR count). The first kappa shape index (κ1) is 17.9. The Morgan fingerprint density at radius 2 is 1.88 bits per heavy atom. The van der Waals surface area contributed by atoms with Gasteiger partial charge in [0.25, 0.3) is 5.91 Å². The molecule has 0 aromatic heterocycles. The van der Waals surface area contributed by atoms with Crippen molar-refractivity contribution in [3.05, 3.63) is 58.7 Å². The molecule has 0 spiro atoms. The van der Waals surface area contributed by atoms with Crippen molar-refractivity contribution in [3.63, 3.8) is 0 Å². The lowest BCUT2D eigenvalue weighted by Gasteiger charge is -2.12. The molecular weight excluding hydrogens is 305 g/mol. The molecule has 24 heavy (non-hydrogen) atoms. The fraction of sp³-hybridized carbons (Fsp3) is 0.222. The van der Waals surface area contributed by atoms with Gasteiger partial charge in [-0.25, -0.2) is 0 Å². The van der Waals surface area contributed by atoms with Crippen LogP contribution in [0.3, 0.4) is 0 Å². The van der Waals surface area contributed by atoms with Crippen molar-refractivity contribution >= 4 is 30.5 Å². The Morgan fingerprint density at radius 1 is 1.12 bits per heavy atom. The highest BCUT2D eigenvalue weighted by Gasteiger charge is 2.18. The number of carbonyl (C=O) groups excluding carboxylic acids is 2. The van der Waals surface area contributed by atoms with Crippen LogP contribution in [0.25, 0.3) is 0 Å². The molecule has 0 bridgehead atoms. The Bertz CT molecular complexity index is 759. The minimum Gasteiger partial charge on any atom is -0.423 e. The maximum absolute atomic E-state index is 12.5. The van der Waals surface area contributed by atoms with Gasteiger partial charge in [-0.15, -0.1) is 0 Å². The normalized spacial score (nSPS) is 10.3. The second-order valence-electron chi connectivity index (χ2n) is 5.49. The fourth-order valence-electron chi connectivity index (χ4n) is 2.52. The minimum absolute atomic E-state index is 0.0729. The van der Waals surface area contributed by atoms with Crippen LogP contribution in [0, 0.1) is 0 Å². The van der Waals surface area contributed by atoms with Gasteiger partial charge in [-0.05, 0) is 47.6 Å². The summed E-state index contributed by atoms with van der Waals surface area (Å²) >= 11 is 0. The molecule has 0 aliphatic heterocycles. The molecule has 5 nitrogen and oxygen atoms in total. The number of benzene rings is 2. The molecule has 1 amide bonds. The van der Waals surface area contributed by atoms with E-state index in [1.54, 1.807) is 0 Å². The molecule has 0 fully saturated rings. The van der Waals surface area contributed by atoms with Crippen molar-refractivity contribution in [3.8, 4) is 0 Å². The first-order chi connectivity index (χ1) is 11.5. The molecule has 2 aromatic carbocycles. The molecule has 0 unspecified atom stereocenters. The Balaban J connectivity index is 2.32. The lowest BCUT2D eigenvalue weighted by molar-refractivity contribution is 0.102. The molecular formula is C18H20BNO4. The van der Waals surface area contributed by atoms with Crippen LogP contribution in [0.15, 0.2) is 36.4 Å². The van der Waals surface area contributed by atoms with Crippen LogP contribution in [0.5, 0.6) is 0 Å². The fourth-order valence-corrected chi connectivity index (χ4v) is 2.52. The van der Waals surface area contributed by atoms with Gasteiger partial charge < -0.3 is 15.4 Å². The summed E-state index contributed by atoms with van der Waals surface area (Å²) in [5.41, 5.74) is 3.33. The Labute approximate surface area is 141 Å². The Morgan fingerprint density at radius 3 is 2.46 bits per heavy atom. The van der Waals surface area contributed by atoms with Gasteiger partial charge in [0.15, 0.2) is 0 Å². The third-order valence-corrected chi connectivity index (χ3v) is 3.97. The van der Waals surface area contributed by atoms with Crippen LogP contribution in [-0.4, -0.2) is 29.4 Å². The molecule has 3 N–H and O–H groups in total. The number of amides is 1. The highest BCUT2D eigenvalue weighted by atomic mass is 16.4. The quantitative estimate of drug-likeness (QED) is 0.556. The topological polar surface area (TPSA) is 86.6 Å². The van der Waals surface area contributed by atoms with Crippen molar-refractivity contribution in [2.45, 2.75) is 26.7 Å². The largest absolute Gasteiger partial charge is 0.489 e. The van der Waals surface area contributed by atoms with E-state index >= 15 is 0 Å². The number of hydrogen-bond donors (Lipinski definition) is 3. The zero-order chi connectivity index (χ0) is 17.7. The summed E-state index contributed by atoms with van der Waals surface area (Å²) in [5.74, 6) is -0.347. The van der Waals surface area contributed by atoms with Crippen LogP contribution in [0.4, 0.5) is 5.69 Å². The van der Waals surface area contributed by atoms with Gasteiger partial charge in [-0.1, -0.05) is 32.0 Å². The average Bonchev–Trinajstić information content (AvgIpc) is 2.60. The van der Waals surface area contributed by atoms with Gasteiger partial charge in [0.05, 0.1) is 0 Å². The molecule has 0 atom stereocenters. The van der Waals surface area contributed by atoms with Gasteiger partial charge in [0.2, 0.25) is 0 Å². The summed E-state index contributed by atoms with van der Waals surface area (Å²) in [4.78, 5) is 23.6. The zero-order valence-electron chi connectivity index (χ0n) is 13.7. The summed E-state index contributed by atoms with van der Waals surface area (Å²) in [7, 11) is -1.75. The van der Waals surface area contributed by atoms with Crippen LogP contribution in [-0.2, 0) is 12.8 Å². The van der Waals surface area contributed by atoms with E-state index in [2.05, 4.69) is 5.32 Å². The van der Waals surface area contributed by atoms with E-state index in [9.17, 15) is 19.6 Å². The van der Waals surface area contributed by atoms with Crippen molar-refractivity contribution in [1.82, 2.24) is 0 Å². The molecule has 6 heteroatoms. The van der Waals surface area contributed by atoms with Crippen molar-refractivity contribution < 1.29 is 19.6 Å². The summed E-state index contributed by atoms with van der Waals surface area (Å²) in [6.45, 7) is 4.06. The van der Waals surface area contributed by atoms with Crippen LogP contribution in [0.1, 0.15) is 45.7 Å². The van der Waals surface area contributed by atoms with Crippen LogP contribution in [0.2, 0.25) is 0 Å². The van der Waals surface area contributed by atoms with Crippen LogP contribution >= 0.6 is 0 Å². The molecule has 0 heterocycles. The van der Waals surface area contributed by atoms with E-state index < -0.39 is 7.12 Å². The predicted molar refractivity (Wildman–Crippen MR) is 94.8 cm³/mol. The lowest BCUT2D eigenvalue weighted by Crippen LogP contribution is -2.33. The minimum atomic E-state index is -1.75. The van der Waals surface area contributed by atoms with Gasteiger partial charge in [0, 0.05) is 16.8 Å². The van der Waals surface area contributed by atoms with Gasteiger partial charge in [-0.3, -0.25) is 9.59 Å². The second kappa shape index (κ2) is 7.90. The first-order valence-electron chi connectivity index (χ1n) is 7.88. The molecule has 0 aliphatic carbocycles. The van der Waals surface area contributed by atoms with Crippen molar-refractivity contribution in [2.75, 3.05) is 5.32 Å².